The Labute approximate surface area is 184 Å². The van der Waals surface area contributed by atoms with Crippen molar-refractivity contribution in [1.29, 1.82) is 0 Å². The van der Waals surface area contributed by atoms with Crippen LogP contribution < -0.4 is 10.6 Å². The summed E-state index contributed by atoms with van der Waals surface area (Å²) in [6, 6.07) is 13.7. The second-order valence-electron chi connectivity index (χ2n) is 7.43. The molecule has 0 spiro atoms. The number of rotatable bonds is 6. The predicted molar refractivity (Wildman–Crippen MR) is 119 cm³/mol. The van der Waals surface area contributed by atoms with E-state index in [-0.39, 0.29) is 23.6 Å². The van der Waals surface area contributed by atoms with E-state index in [1.165, 1.54) is 0 Å². The lowest BCUT2D eigenvalue weighted by atomic mass is 10.2. The second-order valence-corrected chi connectivity index (χ2v) is 7.43. The van der Waals surface area contributed by atoms with E-state index in [1.54, 1.807) is 66.7 Å². The van der Waals surface area contributed by atoms with Gasteiger partial charge in [0.25, 0.3) is 11.8 Å². The molecule has 2 N–H and O–H groups in total. The summed E-state index contributed by atoms with van der Waals surface area (Å²) < 4.78 is 3.45. The fourth-order valence-corrected chi connectivity index (χ4v) is 3.09. The monoisotopic (exact) mass is 430 g/mol. The van der Waals surface area contributed by atoms with Crippen molar-refractivity contribution in [1.82, 2.24) is 29.5 Å². The lowest BCUT2D eigenvalue weighted by molar-refractivity contribution is 0.101. The number of hydrogen-bond donors (Lipinski definition) is 2. The van der Waals surface area contributed by atoms with E-state index in [0.29, 0.717) is 28.6 Å². The summed E-state index contributed by atoms with van der Waals surface area (Å²) in [7, 11) is 1.73. The largest absolute Gasteiger partial charge is 0.321 e. The SMILES string of the molecule is CC(C)n1cnnc1-c1cccc(NC(=O)c2cccc(NC(=O)c3ccn(C)n3)c2)n1. The molecule has 3 heterocycles. The Balaban J connectivity index is 1.49. The van der Waals surface area contributed by atoms with Crippen LogP contribution in [0.1, 0.15) is 40.7 Å². The molecule has 2 amide bonds. The molecule has 0 bridgehead atoms. The Morgan fingerprint density at radius 2 is 1.81 bits per heavy atom. The first-order valence-corrected chi connectivity index (χ1v) is 10.00. The zero-order chi connectivity index (χ0) is 22.7. The summed E-state index contributed by atoms with van der Waals surface area (Å²) in [5, 5.41) is 17.7. The van der Waals surface area contributed by atoms with Gasteiger partial charge in [0.1, 0.15) is 17.8 Å². The van der Waals surface area contributed by atoms with Gasteiger partial charge in [-0.3, -0.25) is 14.3 Å². The molecule has 0 atom stereocenters. The van der Waals surface area contributed by atoms with Crippen molar-refractivity contribution in [3.63, 3.8) is 0 Å². The fraction of sp³-hybridized carbons (Fsp3) is 0.182. The van der Waals surface area contributed by atoms with Gasteiger partial charge in [-0.2, -0.15) is 5.10 Å². The van der Waals surface area contributed by atoms with Crippen LogP contribution in [-0.2, 0) is 7.05 Å². The average molecular weight is 430 g/mol. The quantitative estimate of drug-likeness (QED) is 0.485. The van der Waals surface area contributed by atoms with Crippen molar-refractivity contribution in [2.24, 2.45) is 7.05 Å². The highest BCUT2D eigenvalue weighted by molar-refractivity contribution is 6.06. The van der Waals surface area contributed by atoms with Gasteiger partial charge < -0.3 is 15.2 Å². The molecule has 0 aliphatic heterocycles. The molecule has 10 nitrogen and oxygen atoms in total. The van der Waals surface area contributed by atoms with Crippen LogP contribution in [0, 0.1) is 0 Å². The summed E-state index contributed by atoms with van der Waals surface area (Å²) in [6.45, 7) is 4.05. The summed E-state index contributed by atoms with van der Waals surface area (Å²) in [6.07, 6.45) is 3.33. The van der Waals surface area contributed by atoms with E-state index in [1.807, 2.05) is 24.5 Å². The Morgan fingerprint density at radius 1 is 1.00 bits per heavy atom. The number of nitrogens with one attached hydrogen (secondary N) is 2. The lowest BCUT2D eigenvalue weighted by Crippen LogP contribution is -2.16. The van der Waals surface area contributed by atoms with Crippen molar-refractivity contribution >= 4 is 23.3 Å². The molecule has 162 valence electrons. The Kier molecular flexibility index (Phi) is 5.75. The summed E-state index contributed by atoms with van der Waals surface area (Å²) in [5.74, 6) is 0.296. The number of pyridine rings is 1. The van der Waals surface area contributed by atoms with Gasteiger partial charge >= 0.3 is 0 Å². The van der Waals surface area contributed by atoms with Crippen LogP contribution in [0.15, 0.2) is 61.1 Å². The second kappa shape index (κ2) is 8.80. The lowest BCUT2D eigenvalue weighted by Gasteiger charge is -2.11. The van der Waals surface area contributed by atoms with E-state index in [9.17, 15) is 9.59 Å². The molecule has 1 aromatic carbocycles. The summed E-state index contributed by atoms with van der Waals surface area (Å²) >= 11 is 0. The molecule has 0 aliphatic carbocycles. The number of aryl methyl sites for hydroxylation is 1. The molecule has 4 aromatic rings. The highest BCUT2D eigenvalue weighted by Gasteiger charge is 2.14. The Morgan fingerprint density at radius 3 is 2.56 bits per heavy atom. The number of benzene rings is 1. The van der Waals surface area contributed by atoms with Crippen molar-refractivity contribution < 1.29 is 9.59 Å². The molecule has 10 heteroatoms. The topological polar surface area (TPSA) is 120 Å². The van der Waals surface area contributed by atoms with Gasteiger partial charge in [-0.1, -0.05) is 12.1 Å². The third-order valence-electron chi connectivity index (χ3n) is 4.68. The maximum atomic E-state index is 12.8. The molecule has 0 saturated carbocycles. The highest BCUT2D eigenvalue weighted by Crippen LogP contribution is 2.20. The first kappa shape index (κ1) is 20.9. The van der Waals surface area contributed by atoms with Gasteiger partial charge in [-0.15, -0.1) is 10.2 Å². The average Bonchev–Trinajstić information content (AvgIpc) is 3.43. The Hall–Kier alpha value is -4.34. The smallest absolute Gasteiger partial charge is 0.276 e. The van der Waals surface area contributed by atoms with Gasteiger partial charge in [0, 0.05) is 30.5 Å². The number of anilines is 2. The molecule has 0 aliphatic rings. The minimum atomic E-state index is -0.355. The van der Waals surface area contributed by atoms with Crippen LogP contribution in [0.5, 0.6) is 0 Å². The van der Waals surface area contributed by atoms with Crippen LogP contribution in [0.3, 0.4) is 0 Å². The van der Waals surface area contributed by atoms with Crippen LogP contribution >= 0.6 is 0 Å². The van der Waals surface area contributed by atoms with E-state index >= 15 is 0 Å². The highest BCUT2D eigenvalue weighted by atomic mass is 16.2. The van der Waals surface area contributed by atoms with Gasteiger partial charge in [0.05, 0.1) is 0 Å². The molecule has 0 fully saturated rings. The van der Waals surface area contributed by atoms with E-state index in [2.05, 4.69) is 30.9 Å². The number of hydrogen-bond acceptors (Lipinski definition) is 6. The summed E-state index contributed by atoms with van der Waals surface area (Å²) in [4.78, 5) is 29.6. The molecule has 0 radical (unpaired) electrons. The molecular weight excluding hydrogens is 408 g/mol. The molecule has 3 aromatic heterocycles. The minimum Gasteiger partial charge on any atom is -0.321 e. The fourth-order valence-electron chi connectivity index (χ4n) is 3.09. The van der Waals surface area contributed by atoms with Gasteiger partial charge in [0.2, 0.25) is 0 Å². The first-order valence-electron chi connectivity index (χ1n) is 10.00. The van der Waals surface area contributed by atoms with Gasteiger partial charge in [-0.25, -0.2) is 4.98 Å². The van der Waals surface area contributed by atoms with Crippen molar-refractivity contribution in [3.8, 4) is 11.5 Å². The standard InChI is InChI=1S/C22H22N8O2/c1-14(2)30-13-23-27-20(30)17-8-5-9-19(25-17)26-21(31)15-6-4-7-16(12-15)24-22(32)18-10-11-29(3)28-18/h4-14H,1-3H3,(H,24,32)(H,25,26,31). The van der Waals surface area contributed by atoms with E-state index in [0.717, 1.165) is 0 Å². The maximum absolute atomic E-state index is 12.8. The van der Waals surface area contributed by atoms with E-state index < -0.39 is 0 Å². The molecule has 32 heavy (non-hydrogen) atoms. The van der Waals surface area contributed by atoms with Gasteiger partial charge in [-0.05, 0) is 50.2 Å². The molecule has 0 unspecified atom stereocenters. The van der Waals surface area contributed by atoms with Crippen molar-refractivity contribution in [3.05, 3.63) is 72.3 Å². The zero-order valence-corrected chi connectivity index (χ0v) is 17.9. The number of amides is 2. The molecule has 4 rings (SSSR count). The van der Waals surface area contributed by atoms with Crippen LogP contribution in [0.4, 0.5) is 11.5 Å². The number of carbonyl (C=O) groups excluding carboxylic acids is 2. The number of aromatic nitrogens is 6. The summed E-state index contributed by atoms with van der Waals surface area (Å²) in [5.41, 5.74) is 1.75. The van der Waals surface area contributed by atoms with Crippen LogP contribution in [0.25, 0.3) is 11.5 Å². The zero-order valence-electron chi connectivity index (χ0n) is 17.9. The maximum Gasteiger partial charge on any atom is 0.276 e. The van der Waals surface area contributed by atoms with Crippen LogP contribution in [-0.4, -0.2) is 41.3 Å². The number of nitrogens with zero attached hydrogens (tertiary/aromatic N) is 6. The number of carbonyl (C=O) groups is 2. The molecule has 0 saturated heterocycles. The van der Waals surface area contributed by atoms with Crippen LogP contribution in [0.2, 0.25) is 0 Å². The third-order valence-corrected chi connectivity index (χ3v) is 4.68. The molecular formula is C22H22N8O2. The van der Waals surface area contributed by atoms with Crippen molar-refractivity contribution in [2.45, 2.75) is 19.9 Å². The third kappa shape index (κ3) is 4.53. The van der Waals surface area contributed by atoms with Gasteiger partial charge in [0.15, 0.2) is 11.5 Å². The normalized spacial score (nSPS) is 10.9. The predicted octanol–water partition coefficient (Wildman–Crippen LogP) is 3.16. The Bertz CT molecular complexity index is 1270. The minimum absolute atomic E-state index is 0.170. The van der Waals surface area contributed by atoms with E-state index in [4.69, 9.17) is 0 Å². The first-order chi connectivity index (χ1) is 15.4. The van der Waals surface area contributed by atoms with Crippen molar-refractivity contribution in [2.75, 3.05) is 10.6 Å².